The van der Waals surface area contributed by atoms with E-state index in [0.29, 0.717) is 0 Å². The SMILES string of the molecule is [2H]C(C)(C)c1cc(-c2[c-]cc3c4ccccc4c4ccc(-c5ccccc5)nc4c3c2)nc[c]1[Ge]([CH3])([CH3])[CH3].[Ir].[c-]1ccccc1-c1ccccn1. The van der Waals surface area contributed by atoms with Crippen molar-refractivity contribution < 1.29 is 21.5 Å². The molecular formula is C45H39GeIrN3-2. The molecule has 0 atom stereocenters. The number of pyridine rings is 3. The zero-order valence-electron chi connectivity index (χ0n) is 30.0. The summed E-state index contributed by atoms with van der Waals surface area (Å²) in [7, 11) is 0. The minimum Gasteiger partial charge on any atom is -0.305 e. The first-order valence-corrected chi connectivity index (χ1v) is 24.0. The first-order valence-electron chi connectivity index (χ1n) is 17.2. The molecule has 0 N–H and O–H groups in total. The summed E-state index contributed by atoms with van der Waals surface area (Å²) >= 11 is -2.21. The molecule has 0 bridgehead atoms. The van der Waals surface area contributed by atoms with Gasteiger partial charge in [-0.05, 0) is 11.8 Å². The molecule has 8 aromatic rings. The van der Waals surface area contributed by atoms with Crippen molar-refractivity contribution in [1.29, 1.82) is 0 Å². The minimum absolute atomic E-state index is 0. The molecule has 0 aliphatic heterocycles. The summed E-state index contributed by atoms with van der Waals surface area (Å²) in [4.78, 5) is 14.3. The average Bonchev–Trinajstić information content (AvgIpc) is 3.15. The Morgan fingerprint density at radius 2 is 1.34 bits per heavy atom. The first kappa shape index (κ1) is 34.0. The van der Waals surface area contributed by atoms with Crippen LogP contribution in [0.15, 0.2) is 140 Å². The van der Waals surface area contributed by atoms with E-state index < -0.39 is 19.2 Å². The normalized spacial score (nSPS) is 11.8. The van der Waals surface area contributed by atoms with Crippen molar-refractivity contribution in [2.45, 2.75) is 37.0 Å². The third-order valence-electron chi connectivity index (χ3n) is 8.85. The molecule has 8 rings (SSSR count). The monoisotopic (exact) mass is 889 g/mol. The van der Waals surface area contributed by atoms with Crippen LogP contribution in [0.2, 0.25) is 17.3 Å². The molecule has 5 aromatic carbocycles. The second kappa shape index (κ2) is 15.2. The summed E-state index contributed by atoms with van der Waals surface area (Å²) in [6.07, 6.45) is 3.82. The van der Waals surface area contributed by atoms with Crippen LogP contribution in [0.25, 0.3) is 66.2 Å². The van der Waals surface area contributed by atoms with E-state index in [4.69, 9.17) is 11.3 Å². The Morgan fingerprint density at radius 3 is 2.02 bits per heavy atom. The van der Waals surface area contributed by atoms with Crippen molar-refractivity contribution in [3.63, 3.8) is 0 Å². The molecule has 0 spiro atoms. The molecule has 0 aliphatic carbocycles. The maximum atomic E-state index is 8.87. The molecule has 0 saturated heterocycles. The van der Waals surface area contributed by atoms with E-state index in [2.05, 4.69) is 113 Å². The van der Waals surface area contributed by atoms with Crippen LogP contribution in [0.5, 0.6) is 0 Å². The quantitative estimate of drug-likeness (QED) is 0.0982. The van der Waals surface area contributed by atoms with Crippen LogP contribution < -0.4 is 4.40 Å². The van der Waals surface area contributed by atoms with E-state index in [1.54, 1.807) is 6.20 Å². The van der Waals surface area contributed by atoms with Crippen molar-refractivity contribution in [2.24, 2.45) is 0 Å². The molecule has 0 saturated carbocycles. The number of benzene rings is 5. The largest absolute Gasteiger partial charge is 0.305 e. The molecule has 3 heterocycles. The molecule has 5 heteroatoms. The number of aromatic nitrogens is 3. The molecular weight excluding hydrogens is 847 g/mol. The number of hydrogen-bond acceptors (Lipinski definition) is 3. The van der Waals surface area contributed by atoms with Gasteiger partial charge in [-0.25, -0.2) is 0 Å². The Morgan fingerprint density at radius 1 is 0.620 bits per heavy atom. The second-order valence-electron chi connectivity index (χ2n) is 13.5. The summed E-state index contributed by atoms with van der Waals surface area (Å²) < 4.78 is 10.2. The van der Waals surface area contributed by atoms with Crippen LogP contribution in [0.3, 0.4) is 0 Å². The zero-order chi connectivity index (χ0) is 34.9. The number of rotatable bonds is 5. The third-order valence-corrected chi connectivity index (χ3v) is 13.1. The fraction of sp³-hybridized carbons (Fsp3) is 0.133. The third kappa shape index (κ3) is 7.34. The molecule has 3 aromatic heterocycles. The van der Waals surface area contributed by atoms with Gasteiger partial charge in [-0.15, -0.1) is 35.9 Å². The van der Waals surface area contributed by atoms with Gasteiger partial charge in [-0.1, -0.05) is 30.3 Å². The summed E-state index contributed by atoms with van der Waals surface area (Å²) in [6, 6.07) is 49.9. The van der Waals surface area contributed by atoms with Gasteiger partial charge in [0, 0.05) is 26.3 Å². The van der Waals surface area contributed by atoms with Gasteiger partial charge in [-0.2, -0.15) is 0 Å². The summed E-state index contributed by atoms with van der Waals surface area (Å²) in [5.74, 6) is 6.39. The van der Waals surface area contributed by atoms with Gasteiger partial charge < -0.3 is 4.98 Å². The van der Waals surface area contributed by atoms with Gasteiger partial charge >= 0.3 is 206 Å². The molecule has 0 unspecified atom stereocenters. The van der Waals surface area contributed by atoms with E-state index in [1.807, 2.05) is 68.6 Å². The fourth-order valence-corrected chi connectivity index (χ4v) is 9.67. The van der Waals surface area contributed by atoms with Crippen molar-refractivity contribution in [3.05, 3.63) is 157 Å². The predicted octanol–water partition coefficient (Wildman–Crippen LogP) is 11.3. The van der Waals surface area contributed by atoms with Crippen molar-refractivity contribution in [1.82, 2.24) is 15.0 Å². The molecule has 0 amide bonds. The molecule has 249 valence electrons. The molecule has 1 radical (unpaired) electrons. The predicted molar refractivity (Wildman–Crippen MR) is 210 cm³/mol. The zero-order valence-corrected chi connectivity index (χ0v) is 33.4. The number of nitrogens with zero attached hydrogens (tertiary/aromatic N) is 3. The van der Waals surface area contributed by atoms with E-state index in [1.165, 1.54) is 15.2 Å². The summed E-state index contributed by atoms with van der Waals surface area (Å²) in [5.41, 5.74) is 7.93. The number of hydrogen-bond donors (Lipinski definition) is 0. The summed E-state index contributed by atoms with van der Waals surface area (Å²) in [6.45, 7) is 3.95. The molecule has 0 aliphatic rings. The topological polar surface area (TPSA) is 38.7 Å². The van der Waals surface area contributed by atoms with Gasteiger partial charge in [0.15, 0.2) is 0 Å². The molecule has 0 fully saturated rings. The Kier molecular flexibility index (Phi) is 10.3. The Bertz CT molecular complexity index is 2400. The maximum Gasteiger partial charge on any atom is 0.0160 e. The second-order valence-corrected chi connectivity index (χ2v) is 24.1. The van der Waals surface area contributed by atoms with Gasteiger partial charge in [0.1, 0.15) is 0 Å². The Hall–Kier alpha value is -4.48. The van der Waals surface area contributed by atoms with E-state index >= 15 is 0 Å². The van der Waals surface area contributed by atoms with Crippen molar-refractivity contribution >= 4 is 50.1 Å². The van der Waals surface area contributed by atoms with E-state index in [-0.39, 0.29) is 20.1 Å². The molecule has 50 heavy (non-hydrogen) atoms. The smallest absolute Gasteiger partial charge is 0.0160 e. The fourth-order valence-electron chi connectivity index (χ4n) is 6.35. The van der Waals surface area contributed by atoms with Crippen LogP contribution in [-0.2, 0) is 20.1 Å². The minimum atomic E-state index is -2.21. The van der Waals surface area contributed by atoms with Gasteiger partial charge in [0.2, 0.25) is 0 Å². The van der Waals surface area contributed by atoms with Crippen LogP contribution >= 0.6 is 0 Å². The van der Waals surface area contributed by atoms with Crippen LogP contribution in [0.1, 0.15) is 26.7 Å². The van der Waals surface area contributed by atoms with Crippen molar-refractivity contribution in [3.8, 4) is 33.8 Å². The molecule has 3 nitrogen and oxygen atoms in total. The van der Waals surface area contributed by atoms with E-state index in [9.17, 15) is 0 Å². The van der Waals surface area contributed by atoms with E-state index in [0.717, 1.165) is 61.0 Å². The maximum absolute atomic E-state index is 8.87. The van der Waals surface area contributed by atoms with Crippen LogP contribution in [0, 0.1) is 12.1 Å². The Balaban J connectivity index is 0.000000291. The summed E-state index contributed by atoms with van der Waals surface area (Å²) in [5, 5.41) is 5.76. The Labute approximate surface area is 313 Å². The van der Waals surface area contributed by atoms with Gasteiger partial charge in [-0.3, -0.25) is 0 Å². The van der Waals surface area contributed by atoms with Gasteiger partial charge in [0.05, 0.1) is 0 Å². The first-order chi connectivity index (χ1) is 24.1. The average molecular weight is 888 g/mol. The van der Waals surface area contributed by atoms with Gasteiger partial charge in [0.25, 0.3) is 0 Å². The number of fused-ring (bicyclic) bond motifs is 6. The standard InChI is InChI=1S/C34H31GeN2.C11H8N.Ir/c1-22(2)29-20-33(36-21-31(29)35(3,4)5)24-15-16-27-25-13-9-10-14-26(25)28-17-18-32(23-11-7-6-8-12-23)37-34(28)30(27)19-24;1-2-6-10(7-3-1)11-8-4-5-9-12-11;/h6-14,16-22H,1-5H3;1-6,8-9H;/q2*-1;/i22D;;. The van der Waals surface area contributed by atoms with Crippen molar-refractivity contribution in [2.75, 3.05) is 0 Å². The van der Waals surface area contributed by atoms with Crippen LogP contribution in [-0.4, -0.2) is 28.2 Å². The van der Waals surface area contributed by atoms with Crippen LogP contribution in [0.4, 0.5) is 0 Å².